The van der Waals surface area contributed by atoms with Crippen LogP contribution in [0.5, 0.6) is 0 Å². The maximum atomic E-state index is 12.2. The molecule has 1 fully saturated rings. The zero-order valence-electron chi connectivity index (χ0n) is 12.3. The summed E-state index contributed by atoms with van der Waals surface area (Å²) in [5.74, 6) is 2.70. The number of carbonyl (C=O) groups excluding carboxylic acids is 1. The van der Waals surface area contributed by atoms with E-state index < -0.39 is 5.60 Å². The van der Waals surface area contributed by atoms with Gasteiger partial charge in [-0.3, -0.25) is 9.69 Å². The van der Waals surface area contributed by atoms with Gasteiger partial charge in [0.2, 0.25) is 5.91 Å². The van der Waals surface area contributed by atoms with E-state index in [4.69, 9.17) is 6.42 Å². The van der Waals surface area contributed by atoms with E-state index in [-0.39, 0.29) is 18.4 Å². The highest BCUT2D eigenvalue weighted by molar-refractivity contribution is 7.10. The van der Waals surface area contributed by atoms with E-state index >= 15 is 0 Å². The molecule has 0 spiro atoms. The van der Waals surface area contributed by atoms with Gasteiger partial charge in [0.15, 0.2) is 0 Å². The van der Waals surface area contributed by atoms with Gasteiger partial charge in [-0.2, -0.15) is 0 Å². The highest BCUT2D eigenvalue weighted by Crippen LogP contribution is 2.25. The van der Waals surface area contributed by atoms with Crippen LogP contribution in [-0.2, 0) is 10.4 Å². The zero-order valence-corrected chi connectivity index (χ0v) is 13.2. The Morgan fingerprint density at radius 3 is 2.90 bits per heavy atom. The molecule has 1 atom stereocenters. The number of terminal acetylenes is 1. The topological polar surface area (TPSA) is 52.6 Å². The van der Waals surface area contributed by atoms with Crippen LogP contribution in [0.15, 0.2) is 17.5 Å². The Balaban J connectivity index is 1.79. The Hall–Kier alpha value is -1.35. The van der Waals surface area contributed by atoms with Gasteiger partial charge >= 0.3 is 0 Å². The van der Waals surface area contributed by atoms with Gasteiger partial charge in [0, 0.05) is 10.8 Å². The lowest BCUT2D eigenvalue weighted by molar-refractivity contribution is -0.127. The van der Waals surface area contributed by atoms with E-state index in [0.717, 1.165) is 30.8 Å². The minimum absolute atomic E-state index is 0.0261. The van der Waals surface area contributed by atoms with Crippen LogP contribution in [0.3, 0.4) is 0 Å². The second kappa shape index (κ2) is 7.08. The number of nitrogens with one attached hydrogen (secondary N) is 1. The van der Waals surface area contributed by atoms with Crippen molar-refractivity contribution in [3.8, 4) is 12.3 Å². The standard InChI is InChI=1S/C16H22N2O2S/c1-3-8-18-9-6-13(7-10-18)15(19)17-12-16(2,20)14-5-4-11-21-14/h1,4-5,11,13,20H,6-10,12H2,2H3,(H,17,19). The first-order chi connectivity index (χ1) is 10.0. The number of thiophene rings is 1. The fraction of sp³-hybridized carbons (Fsp3) is 0.562. The van der Waals surface area contributed by atoms with Crippen molar-refractivity contribution >= 4 is 17.2 Å². The van der Waals surface area contributed by atoms with Crippen molar-refractivity contribution in [2.24, 2.45) is 5.92 Å². The molecule has 0 aromatic carbocycles. The van der Waals surface area contributed by atoms with Gasteiger partial charge in [-0.1, -0.05) is 12.0 Å². The van der Waals surface area contributed by atoms with E-state index in [9.17, 15) is 9.90 Å². The number of amides is 1. The first-order valence-corrected chi connectivity index (χ1v) is 8.11. The van der Waals surface area contributed by atoms with Crippen molar-refractivity contribution in [3.05, 3.63) is 22.4 Å². The van der Waals surface area contributed by atoms with E-state index in [2.05, 4.69) is 16.1 Å². The van der Waals surface area contributed by atoms with Gasteiger partial charge in [-0.25, -0.2) is 0 Å². The molecule has 5 heteroatoms. The van der Waals surface area contributed by atoms with Crippen LogP contribution in [0, 0.1) is 18.3 Å². The average Bonchev–Trinajstić information content (AvgIpc) is 3.01. The van der Waals surface area contributed by atoms with Crippen LogP contribution >= 0.6 is 11.3 Å². The van der Waals surface area contributed by atoms with Crippen molar-refractivity contribution in [2.75, 3.05) is 26.2 Å². The molecule has 2 rings (SSSR count). The highest BCUT2D eigenvalue weighted by atomic mass is 32.1. The molecule has 1 saturated heterocycles. The third-order valence-electron chi connectivity index (χ3n) is 3.93. The molecule has 114 valence electrons. The van der Waals surface area contributed by atoms with Crippen molar-refractivity contribution < 1.29 is 9.90 Å². The predicted octanol–water partition coefficient (Wildman–Crippen LogP) is 1.42. The lowest BCUT2D eigenvalue weighted by atomic mass is 9.95. The molecule has 1 unspecified atom stereocenters. The summed E-state index contributed by atoms with van der Waals surface area (Å²) in [5, 5.41) is 15.2. The van der Waals surface area contributed by atoms with E-state index in [1.54, 1.807) is 6.92 Å². The van der Waals surface area contributed by atoms with Crippen LogP contribution in [0.25, 0.3) is 0 Å². The van der Waals surface area contributed by atoms with Crippen molar-refractivity contribution in [2.45, 2.75) is 25.4 Å². The Kier molecular flexibility index (Phi) is 5.40. The van der Waals surface area contributed by atoms with Crippen LogP contribution in [0.2, 0.25) is 0 Å². The van der Waals surface area contributed by atoms with Gasteiger partial charge < -0.3 is 10.4 Å². The van der Waals surface area contributed by atoms with Gasteiger partial charge in [-0.05, 0) is 44.3 Å². The largest absolute Gasteiger partial charge is 0.383 e. The summed E-state index contributed by atoms with van der Waals surface area (Å²) in [6.45, 7) is 4.36. The molecule has 1 aromatic heterocycles. The second-order valence-electron chi connectivity index (χ2n) is 5.72. The van der Waals surface area contributed by atoms with Crippen LogP contribution < -0.4 is 5.32 Å². The predicted molar refractivity (Wildman–Crippen MR) is 84.9 cm³/mol. The number of likely N-dealkylation sites (tertiary alicyclic amines) is 1. The Morgan fingerprint density at radius 1 is 1.62 bits per heavy atom. The van der Waals surface area contributed by atoms with Crippen molar-refractivity contribution in [3.63, 3.8) is 0 Å². The number of nitrogens with zero attached hydrogens (tertiary/aromatic N) is 1. The molecule has 1 aromatic rings. The number of hydrogen-bond donors (Lipinski definition) is 2. The summed E-state index contributed by atoms with van der Waals surface area (Å²) >= 11 is 1.50. The number of rotatable bonds is 5. The Labute approximate surface area is 130 Å². The van der Waals surface area contributed by atoms with Crippen molar-refractivity contribution in [1.82, 2.24) is 10.2 Å². The zero-order chi connectivity index (χ0) is 15.3. The molecule has 0 saturated carbocycles. The lowest BCUT2D eigenvalue weighted by Crippen LogP contribution is -2.44. The van der Waals surface area contributed by atoms with E-state index in [1.807, 2.05) is 17.5 Å². The molecular formula is C16H22N2O2S. The molecule has 21 heavy (non-hydrogen) atoms. The smallest absolute Gasteiger partial charge is 0.223 e. The summed E-state index contributed by atoms with van der Waals surface area (Å²) in [6, 6.07) is 3.78. The number of piperidine rings is 1. The third-order valence-corrected chi connectivity index (χ3v) is 5.06. The number of carbonyl (C=O) groups is 1. The molecule has 1 amide bonds. The highest BCUT2D eigenvalue weighted by Gasteiger charge is 2.28. The summed E-state index contributed by atoms with van der Waals surface area (Å²) in [7, 11) is 0. The van der Waals surface area contributed by atoms with Crippen LogP contribution in [0.4, 0.5) is 0 Å². The van der Waals surface area contributed by atoms with Gasteiger partial charge in [0.05, 0.1) is 13.1 Å². The summed E-state index contributed by atoms with van der Waals surface area (Å²) in [6.07, 6.45) is 6.95. The van der Waals surface area contributed by atoms with Crippen molar-refractivity contribution in [1.29, 1.82) is 0 Å². The molecule has 4 nitrogen and oxygen atoms in total. The van der Waals surface area contributed by atoms with E-state index in [1.165, 1.54) is 11.3 Å². The lowest BCUT2D eigenvalue weighted by Gasteiger charge is -2.30. The first kappa shape index (κ1) is 16.0. The average molecular weight is 306 g/mol. The molecule has 0 aliphatic carbocycles. The minimum atomic E-state index is -1.01. The maximum Gasteiger partial charge on any atom is 0.223 e. The molecule has 1 aliphatic rings. The molecule has 1 aliphatic heterocycles. The SMILES string of the molecule is C#CCN1CCC(C(=O)NCC(C)(O)c2cccs2)CC1. The van der Waals surface area contributed by atoms with Gasteiger partial charge in [-0.15, -0.1) is 17.8 Å². The maximum absolute atomic E-state index is 12.2. The fourth-order valence-electron chi connectivity index (χ4n) is 2.56. The van der Waals surface area contributed by atoms with Gasteiger partial charge in [0.25, 0.3) is 0 Å². The molecular weight excluding hydrogens is 284 g/mol. The molecule has 0 bridgehead atoms. The molecule has 0 radical (unpaired) electrons. The fourth-order valence-corrected chi connectivity index (χ4v) is 3.35. The first-order valence-electron chi connectivity index (χ1n) is 7.23. The van der Waals surface area contributed by atoms with Crippen LogP contribution in [-0.4, -0.2) is 42.1 Å². The third kappa shape index (κ3) is 4.31. The normalized spacial score (nSPS) is 19.7. The summed E-state index contributed by atoms with van der Waals surface area (Å²) < 4.78 is 0. The Bertz CT molecular complexity index is 497. The number of hydrogen-bond acceptors (Lipinski definition) is 4. The second-order valence-corrected chi connectivity index (χ2v) is 6.67. The molecule has 2 N–H and O–H groups in total. The van der Waals surface area contributed by atoms with E-state index in [0.29, 0.717) is 6.54 Å². The minimum Gasteiger partial charge on any atom is -0.383 e. The van der Waals surface area contributed by atoms with Crippen LogP contribution in [0.1, 0.15) is 24.6 Å². The quantitative estimate of drug-likeness (QED) is 0.809. The van der Waals surface area contributed by atoms with Gasteiger partial charge in [0.1, 0.15) is 5.60 Å². The summed E-state index contributed by atoms with van der Waals surface area (Å²) in [5.41, 5.74) is -1.01. The monoisotopic (exact) mass is 306 g/mol. The Morgan fingerprint density at radius 2 is 2.33 bits per heavy atom. The molecule has 2 heterocycles. The number of aliphatic hydroxyl groups is 1. The summed E-state index contributed by atoms with van der Waals surface area (Å²) in [4.78, 5) is 15.3.